The summed E-state index contributed by atoms with van der Waals surface area (Å²) in [5.41, 5.74) is 1.18. The Kier molecular flexibility index (Phi) is 5.46. The van der Waals surface area contributed by atoms with Crippen molar-refractivity contribution in [3.05, 3.63) is 59.5 Å². The maximum absolute atomic E-state index is 13.4. The number of nitrogens with zero attached hydrogens (tertiary/aromatic N) is 2. The molecule has 1 aliphatic heterocycles. The number of halogens is 2. The molecule has 0 aliphatic carbocycles. The molecule has 1 aliphatic rings. The number of rotatable bonds is 4. The highest BCUT2D eigenvalue weighted by Gasteiger charge is 2.29. The van der Waals surface area contributed by atoms with E-state index in [9.17, 15) is 17.9 Å². The Morgan fingerprint density at radius 2 is 1.83 bits per heavy atom. The first kappa shape index (κ1) is 20.1. The highest BCUT2D eigenvalue weighted by molar-refractivity contribution is 7.91. The van der Waals surface area contributed by atoms with E-state index in [1.165, 1.54) is 18.3 Å². The van der Waals surface area contributed by atoms with Gasteiger partial charge in [-0.25, -0.2) is 12.8 Å². The van der Waals surface area contributed by atoms with E-state index in [1.54, 1.807) is 18.2 Å². The van der Waals surface area contributed by atoms with Gasteiger partial charge in [-0.05, 0) is 61.2 Å². The zero-order valence-electron chi connectivity index (χ0n) is 15.6. The third-order valence-corrected chi connectivity index (χ3v) is 7.38. The van der Waals surface area contributed by atoms with Crippen molar-refractivity contribution < 1.29 is 17.9 Å². The van der Waals surface area contributed by atoms with Crippen molar-refractivity contribution in [3.8, 4) is 0 Å². The number of aromatic nitrogens is 1. The largest absolute Gasteiger partial charge is 0.396 e. The van der Waals surface area contributed by atoms with Crippen molar-refractivity contribution in [1.82, 2.24) is 4.98 Å². The summed E-state index contributed by atoms with van der Waals surface area (Å²) in [7, 11) is -3.91. The van der Waals surface area contributed by atoms with E-state index in [4.69, 9.17) is 11.6 Å². The van der Waals surface area contributed by atoms with E-state index in [0.717, 1.165) is 25.0 Å². The SMILES string of the molecule is O=S(=O)(c1ccc(F)cc1)c1cnc2cc(Cl)ccc2c1N1CCC(CO)CC1. The number of pyridine rings is 1. The average molecular weight is 435 g/mol. The molecule has 4 rings (SSSR count). The van der Waals surface area contributed by atoms with Gasteiger partial charge in [0.15, 0.2) is 0 Å². The van der Waals surface area contributed by atoms with Crippen molar-refractivity contribution in [3.63, 3.8) is 0 Å². The van der Waals surface area contributed by atoms with Crippen LogP contribution in [0.4, 0.5) is 10.1 Å². The predicted octanol–water partition coefficient (Wildman–Crippen LogP) is 4.07. The monoisotopic (exact) mass is 434 g/mol. The summed E-state index contributed by atoms with van der Waals surface area (Å²) >= 11 is 6.10. The van der Waals surface area contributed by atoms with Gasteiger partial charge in [-0.2, -0.15) is 0 Å². The molecule has 0 amide bonds. The van der Waals surface area contributed by atoms with Gasteiger partial charge in [0.2, 0.25) is 9.84 Å². The van der Waals surface area contributed by atoms with Crippen LogP contribution in [-0.2, 0) is 9.84 Å². The van der Waals surface area contributed by atoms with Gasteiger partial charge in [0.05, 0.1) is 16.1 Å². The minimum atomic E-state index is -3.91. The van der Waals surface area contributed by atoms with Gasteiger partial charge in [-0.15, -0.1) is 0 Å². The molecule has 5 nitrogen and oxygen atoms in total. The maximum atomic E-state index is 13.4. The molecule has 152 valence electrons. The number of sulfone groups is 1. The van der Waals surface area contributed by atoms with E-state index in [0.29, 0.717) is 34.7 Å². The second-order valence-corrected chi connectivity index (χ2v) is 9.56. The Balaban J connectivity index is 1.89. The predicted molar refractivity (Wildman–Crippen MR) is 111 cm³/mol. The summed E-state index contributed by atoms with van der Waals surface area (Å²) in [5.74, 6) is -0.285. The average Bonchev–Trinajstić information content (AvgIpc) is 2.73. The number of piperidine rings is 1. The molecule has 0 atom stereocenters. The van der Waals surface area contributed by atoms with Gasteiger partial charge in [0, 0.05) is 36.3 Å². The van der Waals surface area contributed by atoms with Gasteiger partial charge in [0.25, 0.3) is 0 Å². The number of aliphatic hydroxyl groups excluding tert-OH is 1. The molecule has 8 heteroatoms. The van der Waals surface area contributed by atoms with E-state index in [1.807, 2.05) is 4.90 Å². The minimum absolute atomic E-state index is 0.0144. The molecular weight excluding hydrogens is 415 g/mol. The molecule has 1 fully saturated rings. The number of hydrogen-bond acceptors (Lipinski definition) is 5. The Bertz CT molecular complexity index is 1140. The topological polar surface area (TPSA) is 70.5 Å². The Morgan fingerprint density at radius 3 is 2.48 bits per heavy atom. The number of benzene rings is 2. The molecule has 2 aromatic carbocycles. The number of anilines is 1. The molecule has 0 bridgehead atoms. The van der Waals surface area contributed by atoms with Gasteiger partial charge in [-0.3, -0.25) is 4.98 Å². The molecule has 3 aromatic rings. The summed E-state index contributed by atoms with van der Waals surface area (Å²) in [6.07, 6.45) is 2.89. The van der Waals surface area contributed by atoms with Crippen LogP contribution in [0.3, 0.4) is 0 Å². The van der Waals surface area contributed by atoms with Crippen molar-refractivity contribution in [2.24, 2.45) is 5.92 Å². The second kappa shape index (κ2) is 7.89. The summed E-state index contributed by atoms with van der Waals surface area (Å²) in [6.45, 7) is 1.37. The zero-order chi connectivity index (χ0) is 20.6. The van der Waals surface area contributed by atoms with Gasteiger partial charge in [0.1, 0.15) is 10.7 Å². The molecule has 29 heavy (non-hydrogen) atoms. The summed E-state index contributed by atoms with van der Waals surface area (Å²) in [4.78, 5) is 6.46. The van der Waals surface area contributed by atoms with Gasteiger partial charge >= 0.3 is 0 Å². The Hall–Kier alpha value is -2.22. The lowest BCUT2D eigenvalue weighted by atomic mass is 9.97. The van der Waals surface area contributed by atoms with Crippen molar-refractivity contribution in [1.29, 1.82) is 0 Å². The molecule has 1 N–H and O–H groups in total. The third-order valence-electron chi connectivity index (χ3n) is 5.37. The standard InChI is InChI=1S/C21H20ClFN2O3S/c22-15-1-6-18-19(11-15)24-12-20(21(18)25-9-7-14(13-26)8-10-25)29(27,28)17-4-2-16(23)3-5-17/h1-6,11-12,14,26H,7-10,13H2. The molecular formula is C21H20ClFN2O3S. The smallest absolute Gasteiger partial charge is 0.210 e. The van der Waals surface area contributed by atoms with Crippen LogP contribution in [0.2, 0.25) is 5.02 Å². The first-order valence-electron chi connectivity index (χ1n) is 9.35. The van der Waals surface area contributed by atoms with Crippen LogP contribution < -0.4 is 4.90 Å². The third kappa shape index (κ3) is 3.82. The molecule has 2 heterocycles. The first-order valence-corrected chi connectivity index (χ1v) is 11.2. The fraction of sp³-hybridized carbons (Fsp3) is 0.286. The summed E-state index contributed by atoms with van der Waals surface area (Å²) in [5, 5.41) is 10.6. The lowest BCUT2D eigenvalue weighted by Gasteiger charge is -2.34. The van der Waals surface area contributed by atoms with E-state index >= 15 is 0 Å². The lowest BCUT2D eigenvalue weighted by Crippen LogP contribution is -2.35. The number of aliphatic hydroxyl groups is 1. The molecule has 0 saturated carbocycles. The second-order valence-electron chi connectivity index (χ2n) is 7.20. The Labute approximate surface area is 173 Å². The maximum Gasteiger partial charge on any atom is 0.210 e. The zero-order valence-corrected chi connectivity index (χ0v) is 17.1. The normalized spacial score (nSPS) is 15.8. The van der Waals surface area contributed by atoms with Crippen LogP contribution >= 0.6 is 11.6 Å². The van der Waals surface area contributed by atoms with Crippen molar-refractivity contribution in [2.75, 3.05) is 24.6 Å². The van der Waals surface area contributed by atoms with Crippen LogP contribution in [0.25, 0.3) is 10.9 Å². The fourth-order valence-corrected chi connectivity index (χ4v) is 5.34. The number of fused-ring (bicyclic) bond motifs is 1. The molecule has 0 radical (unpaired) electrons. The quantitative estimate of drug-likeness (QED) is 0.627. The molecule has 1 saturated heterocycles. The highest BCUT2D eigenvalue weighted by Crippen LogP contribution is 2.38. The number of hydrogen-bond donors (Lipinski definition) is 1. The fourth-order valence-electron chi connectivity index (χ4n) is 3.74. The molecule has 0 unspecified atom stereocenters. The van der Waals surface area contributed by atoms with Crippen LogP contribution in [0.1, 0.15) is 12.8 Å². The van der Waals surface area contributed by atoms with E-state index in [2.05, 4.69) is 4.98 Å². The lowest BCUT2D eigenvalue weighted by molar-refractivity contribution is 0.203. The van der Waals surface area contributed by atoms with Crippen LogP contribution in [-0.4, -0.2) is 38.2 Å². The first-order chi connectivity index (χ1) is 13.9. The van der Waals surface area contributed by atoms with Crippen molar-refractivity contribution in [2.45, 2.75) is 22.6 Å². The van der Waals surface area contributed by atoms with E-state index in [-0.39, 0.29) is 22.3 Å². The Morgan fingerprint density at radius 1 is 1.14 bits per heavy atom. The summed E-state index contributed by atoms with van der Waals surface area (Å²) < 4.78 is 40.1. The summed E-state index contributed by atoms with van der Waals surface area (Å²) in [6, 6.07) is 9.99. The van der Waals surface area contributed by atoms with Crippen LogP contribution in [0.5, 0.6) is 0 Å². The van der Waals surface area contributed by atoms with Crippen molar-refractivity contribution >= 4 is 38.0 Å². The van der Waals surface area contributed by atoms with Crippen LogP contribution in [0, 0.1) is 11.7 Å². The minimum Gasteiger partial charge on any atom is -0.396 e. The van der Waals surface area contributed by atoms with E-state index < -0.39 is 15.7 Å². The van der Waals surface area contributed by atoms with Gasteiger partial charge < -0.3 is 10.0 Å². The highest BCUT2D eigenvalue weighted by atomic mass is 35.5. The molecule has 1 aromatic heterocycles. The molecule has 0 spiro atoms. The van der Waals surface area contributed by atoms with Gasteiger partial charge in [-0.1, -0.05) is 11.6 Å². The van der Waals surface area contributed by atoms with Crippen LogP contribution in [0.15, 0.2) is 58.5 Å².